The molecular weight excluding hydrogens is 142 g/mol. The van der Waals surface area contributed by atoms with Crippen molar-refractivity contribution in [1.82, 2.24) is 9.97 Å². The number of H-pyrrole nitrogens is 1. The van der Waals surface area contributed by atoms with Gasteiger partial charge in [-0.1, -0.05) is 0 Å². The summed E-state index contributed by atoms with van der Waals surface area (Å²) < 4.78 is 0. The minimum atomic E-state index is -0.199. The minimum absolute atomic E-state index is 0.199. The monoisotopic (exact) mass is 151 g/mol. The molecule has 1 aromatic heterocycles. The molecule has 0 aliphatic rings. The third-order valence-electron chi connectivity index (χ3n) is 1.27. The van der Waals surface area contributed by atoms with E-state index in [0.29, 0.717) is 11.4 Å². The second-order valence-electron chi connectivity index (χ2n) is 2.05. The molecule has 1 aromatic rings. The Labute approximate surface area is 64.0 Å². The molecule has 0 aliphatic carbocycles. The summed E-state index contributed by atoms with van der Waals surface area (Å²) in [5.41, 5.74) is 0.831. The Morgan fingerprint density at radius 2 is 2.45 bits per heavy atom. The van der Waals surface area contributed by atoms with E-state index < -0.39 is 0 Å². The highest BCUT2D eigenvalue weighted by Gasteiger charge is 1.99. The van der Waals surface area contributed by atoms with Crippen LogP contribution in [0.2, 0.25) is 0 Å². The first-order valence-corrected chi connectivity index (χ1v) is 3.28. The fraction of sp³-hybridized carbons (Fsp3) is 0.286. The predicted molar refractivity (Wildman–Crippen MR) is 43.4 cm³/mol. The molecule has 0 fully saturated rings. The zero-order chi connectivity index (χ0) is 8.27. The minimum Gasteiger partial charge on any atom is -0.311 e. The summed E-state index contributed by atoms with van der Waals surface area (Å²) >= 11 is 0. The number of rotatable bonds is 1. The molecule has 0 spiro atoms. The number of aryl methyl sites for hydroxylation is 1. The lowest BCUT2D eigenvalue weighted by Gasteiger charge is -1.93. The van der Waals surface area contributed by atoms with Crippen LogP contribution in [0.15, 0.2) is 16.1 Å². The topological polar surface area (TPSA) is 58.1 Å². The van der Waals surface area contributed by atoms with Gasteiger partial charge in [0.2, 0.25) is 0 Å². The van der Waals surface area contributed by atoms with E-state index in [4.69, 9.17) is 0 Å². The van der Waals surface area contributed by atoms with Gasteiger partial charge in [0.25, 0.3) is 5.56 Å². The van der Waals surface area contributed by atoms with Crippen molar-refractivity contribution < 1.29 is 0 Å². The normalized spacial score (nSPS) is 10.7. The summed E-state index contributed by atoms with van der Waals surface area (Å²) in [6.45, 7) is 3.50. The molecule has 0 amide bonds. The molecule has 1 heterocycles. The largest absolute Gasteiger partial charge is 0.311 e. The highest BCUT2D eigenvalue weighted by molar-refractivity contribution is 5.60. The van der Waals surface area contributed by atoms with Crippen molar-refractivity contribution in [2.75, 3.05) is 0 Å². The van der Waals surface area contributed by atoms with Crippen LogP contribution in [0.1, 0.15) is 12.6 Å². The maximum Gasteiger partial charge on any atom is 0.276 e. The molecule has 0 bridgehead atoms. The highest BCUT2D eigenvalue weighted by Crippen LogP contribution is 2.05. The van der Waals surface area contributed by atoms with E-state index in [2.05, 4.69) is 15.0 Å². The summed E-state index contributed by atoms with van der Waals surface area (Å²) in [6.07, 6.45) is 2.94. The Balaban J connectivity index is 3.32. The van der Waals surface area contributed by atoms with Gasteiger partial charge in [0.05, 0.1) is 12.0 Å². The van der Waals surface area contributed by atoms with E-state index in [9.17, 15) is 4.79 Å². The standard InChI is InChI=1S/C7H9N3O/c1-3-8-6-5(2)9-4-10-7(6)11/h3-4H,1-2H3,(H,9,10,11). The first kappa shape index (κ1) is 7.65. The van der Waals surface area contributed by atoms with Crippen LogP contribution in [0.25, 0.3) is 0 Å². The fourth-order valence-electron chi connectivity index (χ4n) is 0.763. The number of hydrogen-bond acceptors (Lipinski definition) is 3. The Morgan fingerprint density at radius 3 is 3.00 bits per heavy atom. The van der Waals surface area contributed by atoms with Crippen LogP contribution in [-0.4, -0.2) is 16.2 Å². The van der Waals surface area contributed by atoms with Crippen molar-refractivity contribution in [3.8, 4) is 0 Å². The molecule has 0 saturated carbocycles. The highest BCUT2D eigenvalue weighted by atomic mass is 16.1. The van der Waals surface area contributed by atoms with Crippen LogP contribution in [-0.2, 0) is 0 Å². The summed E-state index contributed by atoms with van der Waals surface area (Å²) in [4.78, 5) is 21.2. The van der Waals surface area contributed by atoms with Gasteiger partial charge in [-0.3, -0.25) is 9.79 Å². The molecule has 11 heavy (non-hydrogen) atoms. The van der Waals surface area contributed by atoms with Gasteiger partial charge < -0.3 is 4.98 Å². The number of aromatic amines is 1. The fourth-order valence-corrected chi connectivity index (χ4v) is 0.763. The Morgan fingerprint density at radius 1 is 1.73 bits per heavy atom. The van der Waals surface area contributed by atoms with Gasteiger partial charge in [-0.15, -0.1) is 0 Å². The second kappa shape index (κ2) is 3.09. The third-order valence-corrected chi connectivity index (χ3v) is 1.27. The summed E-state index contributed by atoms with van der Waals surface area (Å²) in [7, 11) is 0. The van der Waals surface area contributed by atoms with Crippen LogP contribution >= 0.6 is 0 Å². The molecule has 4 heteroatoms. The van der Waals surface area contributed by atoms with Crippen LogP contribution in [0.3, 0.4) is 0 Å². The van der Waals surface area contributed by atoms with Crippen molar-refractivity contribution in [1.29, 1.82) is 0 Å². The van der Waals surface area contributed by atoms with E-state index in [1.807, 2.05) is 0 Å². The van der Waals surface area contributed by atoms with Crippen molar-refractivity contribution in [3.63, 3.8) is 0 Å². The Hall–Kier alpha value is -1.45. The first-order valence-electron chi connectivity index (χ1n) is 3.28. The number of aromatic nitrogens is 2. The molecule has 1 rings (SSSR count). The lowest BCUT2D eigenvalue weighted by molar-refractivity contribution is 1.06. The Kier molecular flexibility index (Phi) is 2.15. The molecule has 58 valence electrons. The molecule has 0 radical (unpaired) electrons. The zero-order valence-corrected chi connectivity index (χ0v) is 6.46. The van der Waals surface area contributed by atoms with Crippen molar-refractivity contribution in [2.24, 2.45) is 4.99 Å². The van der Waals surface area contributed by atoms with Gasteiger partial charge in [0, 0.05) is 6.21 Å². The van der Waals surface area contributed by atoms with E-state index in [0.717, 1.165) is 0 Å². The average Bonchev–Trinajstić information content (AvgIpc) is 1.97. The van der Waals surface area contributed by atoms with Crippen LogP contribution in [0.4, 0.5) is 5.69 Å². The van der Waals surface area contributed by atoms with Gasteiger partial charge >= 0.3 is 0 Å². The first-order chi connectivity index (χ1) is 5.25. The van der Waals surface area contributed by atoms with E-state index >= 15 is 0 Å². The molecule has 0 aliphatic heterocycles. The summed E-state index contributed by atoms with van der Waals surface area (Å²) in [6, 6.07) is 0. The maximum atomic E-state index is 11.0. The lowest BCUT2D eigenvalue weighted by Crippen LogP contribution is -2.06. The summed E-state index contributed by atoms with van der Waals surface area (Å²) in [5.74, 6) is 0. The quantitative estimate of drug-likeness (QED) is 0.603. The second-order valence-corrected chi connectivity index (χ2v) is 2.05. The van der Waals surface area contributed by atoms with Gasteiger partial charge in [0.1, 0.15) is 5.69 Å². The van der Waals surface area contributed by atoms with Crippen LogP contribution in [0, 0.1) is 6.92 Å². The molecule has 1 N–H and O–H groups in total. The van der Waals surface area contributed by atoms with Gasteiger partial charge in [0.15, 0.2) is 0 Å². The molecule has 0 aromatic carbocycles. The summed E-state index contributed by atoms with van der Waals surface area (Å²) in [5, 5.41) is 0. The maximum absolute atomic E-state index is 11.0. The van der Waals surface area contributed by atoms with Crippen LogP contribution < -0.4 is 5.56 Å². The van der Waals surface area contributed by atoms with E-state index in [-0.39, 0.29) is 5.56 Å². The zero-order valence-electron chi connectivity index (χ0n) is 6.46. The van der Waals surface area contributed by atoms with Crippen molar-refractivity contribution >= 4 is 11.9 Å². The van der Waals surface area contributed by atoms with Crippen LogP contribution in [0.5, 0.6) is 0 Å². The Bertz CT molecular complexity index is 327. The molecule has 4 nitrogen and oxygen atoms in total. The van der Waals surface area contributed by atoms with Gasteiger partial charge in [-0.25, -0.2) is 4.98 Å². The third kappa shape index (κ3) is 1.52. The molecule has 0 saturated heterocycles. The number of nitrogens with one attached hydrogen (secondary N) is 1. The number of aliphatic imine (C=N–C) groups is 1. The lowest BCUT2D eigenvalue weighted by atomic mass is 10.4. The van der Waals surface area contributed by atoms with Gasteiger partial charge in [-0.05, 0) is 13.8 Å². The predicted octanol–water partition coefficient (Wildman–Crippen LogP) is 0.801. The van der Waals surface area contributed by atoms with E-state index in [1.165, 1.54) is 6.33 Å². The number of hydrogen-bond donors (Lipinski definition) is 1. The molecular formula is C7H9N3O. The smallest absolute Gasteiger partial charge is 0.276 e. The van der Waals surface area contributed by atoms with Crippen molar-refractivity contribution in [3.05, 3.63) is 22.4 Å². The average molecular weight is 151 g/mol. The SMILES string of the molecule is CC=Nc1c(C)nc[nH]c1=O. The van der Waals surface area contributed by atoms with E-state index in [1.54, 1.807) is 20.1 Å². The van der Waals surface area contributed by atoms with Gasteiger partial charge in [-0.2, -0.15) is 0 Å². The molecule has 0 atom stereocenters. The van der Waals surface area contributed by atoms with Crippen molar-refractivity contribution in [2.45, 2.75) is 13.8 Å². The molecule has 0 unspecified atom stereocenters. The number of nitrogens with zero attached hydrogens (tertiary/aromatic N) is 2.